The van der Waals surface area contributed by atoms with Crippen LogP contribution in [0.4, 0.5) is 5.69 Å². The summed E-state index contributed by atoms with van der Waals surface area (Å²) < 4.78 is 0. The quantitative estimate of drug-likeness (QED) is 0.287. The minimum absolute atomic E-state index is 0.778. The fourth-order valence-electron chi connectivity index (χ4n) is 5.24. The van der Waals surface area contributed by atoms with Crippen molar-refractivity contribution in [3.8, 4) is 11.3 Å². The first-order chi connectivity index (χ1) is 19.6. The summed E-state index contributed by atoms with van der Waals surface area (Å²) in [6, 6.07) is 23.6. The third kappa shape index (κ3) is 6.58. The van der Waals surface area contributed by atoms with Crippen LogP contribution in [0, 0.1) is 0 Å². The van der Waals surface area contributed by atoms with E-state index in [-0.39, 0.29) is 0 Å². The van der Waals surface area contributed by atoms with Crippen LogP contribution in [0.1, 0.15) is 49.9 Å². The molecule has 2 heteroatoms. The van der Waals surface area contributed by atoms with E-state index in [4.69, 9.17) is 4.98 Å². The molecule has 0 fully saturated rings. The summed E-state index contributed by atoms with van der Waals surface area (Å²) in [4.78, 5) is 7.46. The molecule has 0 saturated heterocycles. The SMILES string of the molecule is C=C1/C=C\C=C/CN(/C(=C/C=C\Cc2cc(C3=CC=C(C)CC3)cc(-c3ccccc3)n2)CC)c2ccccc21. The number of fused-ring (bicyclic) bond motifs is 1. The minimum atomic E-state index is 0.778. The average molecular weight is 523 g/mol. The highest BCUT2D eigenvalue weighted by Crippen LogP contribution is 2.32. The number of aromatic nitrogens is 1. The van der Waals surface area contributed by atoms with E-state index in [1.54, 1.807) is 0 Å². The van der Waals surface area contributed by atoms with Crippen molar-refractivity contribution >= 4 is 16.8 Å². The van der Waals surface area contributed by atoms with Gasteiger partial charge in [0.15, 0.2) is 0 Å². The Morgan fingerprint density at radius 1 is 0.950 bits per heavy atom. The molecule has 3 aromatic rings. The maximum absolute atomic E-state index is 5.06. The molecule has 0 spiro atoms. The predicted octanol–water partition coefficient (Wildman–Crippen LogP) is 9.91. The molecule has 2 aromatic carbocycles. The van der Waals surface area contributed by atoms with Gasteiger partial charge in [-0.15, -0.1) is 0 Å². The number of benzene rings is 2. The molecule has 5 rings (SSSR count). The molecular weight excluding hydrogens is 484 g/mol. The zero-order chi connectivity index (χ0) is 27.7. The maximum atomic E-state index is 5.06. The number of hydrogen-bond donors (Lipinski definition) is 0. The second-order valence-electron chi connectivity index (χ2n) is 10.4. The molecule has 200 valence electrons. The topological polar surface area (TPSA) is 16.1 Å². The molecule has 2 nitrogen and oxygen atoms in total. The van der Waals surface area contributed by atoms with Crippen molar-refractivity contribution in [3.05, 3.63) is 156 Å². The van der Waals surface area contributed by atoms with Gasteiger partial charge in [0.05, 0.1) is 5.69 Å². The third-order valence-corrected chi connectivity index (χ3v) is 7.51. The van der Waals surface area contributed by atoms with Crippen molar-refractivity contribution < 1.29 is 0 Å². The standard InChI is InChI=1S/C38H38N2/c1-4-35(40-26-14-6-7-15-30(3)36-20-12-13-21-38(36)40)19-11-10-18-34-27-33(31-24-22-29(2)23-25-31)28-37(39-34)32-16-8-5-9-17-32/h5-17,19-22,24,27-28H,3-4,18,23,25-26H2,1-2H3/b11-10-,14-6-,15-7-,35-19+. The molecular formula is C38H38N2. The van der Waals surface area contributed by atoms with Gasteiger partial charge in [-0.05, 0) is 67.2 Å². The number of allylic oxidation sites excluding steroid dienone is 12. The predicted molar refractivity (Wildman–Crippen MR) is 173 cm³/mol. The Morgan fingerprint density at radius 2 is 1.77 bits per heavy atom. The lowest BCUT2D eigenvalue weighted by Gasteiger charge is -2.28. The summed E-state index contributed by atoms with van der Waals surface area (Å²) in [5, 5.41) is 0. The zero-order valence-corrected chi connectivity index (χ0v) is 23.7. The van der Waals surface area contributed by atoms with Gasteiger partial charge in [0.25, 0.3) is 0 Å². The largest absolute Gasteiger partial charge is 0.341 e. The normalized spacial score (nSPS) is 17.4. The Balaban J connectivity index is 1.42. The lowest BCUT2D eigenvalue weighted by Crippen LogP contribution is -2.23. The molecule has 0 amide bonds. The van der Waals surface area contributed by atoms with Crippen molar-refractivity contribution in [1.29, 1.82) is 0 Å². The van der Waals surface area contributed by atoms with E-state index in [1.807, 2.05) is 0 Å². The molecule has 0 atom stereocenters. The van der Waals surface area contributed by atoms with Gasteiger partial charge in [-0.2, -0.15) is 0 Å². The van der Waals surface area contributed by atoms with Crippen molar-refractivity contribution in [1.82, 2.24) is 4.98 Å². The smallest absolute Gasteiger partial charge is 0.0711 e. The summed E-state index contributed by atoms with van der Waals surface area (Å²) in [6.45, 7) is 9.55. The van der Waals surface area contributed by atoms with E-state index >= 15 is 0 Å². The van der Waals surface area contributed by atoms with Crippen LogP contribution in [0.5, 0.6) is 0 Å². The molecule has 0 N–H and O–H groups in total. The van der Waals surface area contributed by atoms with Gasteiger partial charge in [-0.3, -0.25) is 4.98 Å². The summed E-state index contributed by atoms with van der Waals surface area (Å²) in [5.41, 5.74) is 12.0. The molecule has 0 unspecified atom stereocenters. The van der Waals surface area contributed by atoms with Crippen molar-refractivity contribution in [2.75, 3.05) is 11.4 Å². The average Bonchev–Trinajstić information content (AvgIpc) is 3.07. The van der Waals surface area contributed by atoms with Crippen LogP contribution < -0.4 is 4.90 Å². The Kier molecular flexibility index (Phi) is 8.88. The molecule has 0 bridgehead atoms. The highest BCUT2D eigenvalue weighted by atomic mass is 15.1. The number of anilines is 1. The van der Waals surface area contributed by atoms with Gasteiger partial charge >= 0.3 is 0 Å². The van der Waals surface area contributed by atoms with Gasteiger partial charge in [0, 0.05) is 41.2 Å². The summed E-state index contributed by atoms with van der Waals surface area (Å²) in [7, 11) is 0. The molecule has 1 aliphatic heterocycles. The Labute approximate surface area is 239 Å². The van der Waals surface area contributed by atoms with Crippen LogP contribution in [-0.2, 0) is 6.42 Å². The van der Waals surface area contributed by atoms with Crippen LogP contribution in [0.2, 0.25) is 0 Å². The second kappa shape index (κ2) is 13.1. The monoisotopic (exact) mass is 522 g/mol. The van der Waals surface area contributed by atoms with Gasteiger partial charge < -0.3 is 4.90 Å². The fourth-order valence-corrected chi connectivity index (χ4v) is 5.24. The lowest BCUT2D eigenvalue weighted by atomic mass is 9.92. The van der Waals surface area contributed by atoms with Crippen molar-refractivity contribution in [2.45, 2.75) is 39.5 Å². The molecule has 0 radical (unpaired) electrons. The van der Waals surface area contributed by atoms with Crippen LogP contribution >= 0.6 is 0 Å². The van der Waals surface area contributed by atoms with Gasteiger partial charge in [-0.1, -0.05) is 116 Å². The number of hydrogen-bond acceptors (Lipinski definition) is 2. The van der Waals surface area contributed by atoms with Crippen LogP contribution in [0.3, 0.4) is 0 Å². The molecule has 2 heterocycles. The molecule has 40 heavy (non-hydrogen) atoms. The molecule has 1 aromatic heterocycles. The van der Waals surface area contributed by atoms with Crippen LogP contribution in [-0.4, -0.2) is 11.5 Å². The summed E-state index contributed by atoms with van der Waals surface area (Å²) in [5.74, 6) is 0. The number of pyridine rings is 1. The van der Waals surface area contributed by atoms with E-state index in [0.29, 0.717) is 0 Å². The van der Waals surface area contributed by atoms with Crippen LogP contribution in [0.15, 0.2) is 139 Å². The van der Waals surface area contributed by atoms with E-state index in [2.05, 4.69) is 147 Å². The van der Waals surface area contributed by atoms with Crippen molar-refractivity contribution in [2.24, 2.45) is 0 Å². The first-order valence-electron chi connectivity index (χ1n) is 14.3. The minimum Gasteiger partial charge on any atom is -0.341 e. The van der Waals surface area contributed by atoms with Gasteiger partial charge in [-0.25, -0.2) is 0 Å². The second-order valence-corrected chi connectivity index (χ2v) is 10.4. The summed E-state index contributed by atoms with van der Waals surface area (Å²) in [6.07, 6.45) is 23.6. The number of rotatable bonds is 7. The van der Waals surface area contributed by atoms with Crippen molar-refractivity contribution in [3.63, 3.8) is 0 Å². The molecule has 1 aliphatic carbocycles. The zero-order valence-electron chi connectivity index (χ0n) is 23.7. The summed E-state index contributed by atoms with van der Waals surface area (Å²) >= 11 is 0. The van der Waals surface area contributed by atoms with Gasteiger partial charge in [0.2, 0.25) is 0 Å². The van der Waals surface area contributed by atoms with Crippen LogP contribution in [0.25, 0.3) is 22.4 Å². The van der Waals surface area contributed by atoms with Gasteiger partial charge in [0.1, 0.15) is 0 Å². The molecule has 2 aliphatic rings. The number of nitrogens with zero attached hydrogens (tertiary/aromatic N) is 2. The Bertz CT molecular complexity index is 1540. The fraction of sp³-hybridized carbons (Fsp3) is 0.184. The van der Waals surface area contributed by atoms with E-state index < -0.39 is 0 Å². The van der Waals surface area contributed by atoms with E-state index in [1.165, 1.54) is 33.7 Å². The van der Waals surface area contributed by atoms with E-state index in [9.17, 15) is 0 Å². The maximum Gasteiger partial charge on any atom is 0.0711 e. The molecule has 0 saturated carbocycles. The highest BCUT2D eigenvalue weighted by molar-refractivity contribution is 5.82. The van der Waals surface area contributed by atoms with E-state index in [0.717, 1.165) is 54.8 Å². The first kappa shape index (κ1) is 27.1. The third-order valence-electron chi connectivity index (χ3n) is 7.51. The number of para-hydroxylation sites is 1. The Hall–Kier alpha value is -4.43. The lowest BCUT2D eigenvalue weighted by molar-refractivity contribution is 0.928. The highest BCUT2D eigenvalue weighted by Gasteiger charge is 2.15. The first-order valence-corrected chi connectivity index (χ1v) is 14.3. The Morgan fingerprint density at radius 3 is 2.58 bits per heavy atom.